The van der Waals surface area contributed by atoms with Crippen molar-refractivity contribution in [3.05, 3.63) is 23.2 Å². The molecule has 0 bridgehead atoms. The maximum atomic E-state index is 12.6. The monoisotopic (exact) mass is 311 g/mol. The van der Waals surface area contributed by atoms with Gasteiger partial charge in [-0.15, -0.1) is 0 Å². The molecular formula is C16H22ClNO3. The summed E-state index contributed by atoms with van der Waals surface area (Å²) in [6.07, 6.45) is 2.97. The number of carbonyl (C=O) groups is 1. The van der Waals surface area contributed by atoms with E-state index in [1.54, 1.807) is 25.3 Å². The number of ether oxygens (including phenoxy) is 2. The number of hydrogen-bond acceptors (Lipinski definition) is 3. The smallest absolute Gasteiger partial charge is 0.256 e. The normalized spacial score (nSPS) is 17.1. The fourth-order valence-electron chi connectivity index (χ4n) is 2.32. The standard InChI is InChI=1S/C16H22ClNO3/c1-4-9-21-16(2,11-5-6-11)15(19)18-12-7-8-14(20-3)13(17)10-12/h7-8,10-11H,4-6,9H2,1-3H3,(H,18,19)/t16-/m0/s1. The summed E-state index contributed by atoms with van der Waals surface area (Å²) in [4.78, 5) is 12.6. The lowest BCUT2D eigenvalue weighted by molar-refractivity contribution is -0.142. The summed E-state index contributed by atoms with van der Waals surface area (Å²) in [6.45, 7) is 4.50. The van der Waals surface area contributed by atoms with Crippen molar-refractivity contribution < 1.29 is 14.3 Å². The van der Waals surface area contributed by atoms with Crippen LogP contribution in [0.3, 0.4) is 0 Å². The Bertz CT molecular complexity index is 516. The molecule has 0 aliphatic heterocycles. The van der Waals surface area contributed by atoms with Gasteiger partial charge in [0.15, 0.2) is 0 Å². The molecule has 1 saturated carbocycles. The van der Waals surface area contributed by atoms with E-state index in [0.29, 0.717) is 29.0 Å². The minimum absolute atomic E-state index is 0.111. The van der Waals surface area contributed by atoms with Crippen molar-refractivity contribution in [1.29, 1.82) is 0 Å². The van der Waals surface area contributed by atoms with Crippen molar-refractivity contribution in [3.63, 3.8) is 0 Å². The van der Waals surface area contributed by atoms with E-state index in [1.807, 2.05) is 13.8 Å². The zero-order valence-corrected chi connectivity index (χ0v) is 13.5. The Morgan fingerprint density at radius 2 is 2.19 bits per heavy atom. The van der Waals surface area contributed by atoms with Gasteiger partial charge in [0.1, 0.15) is 11.4 Å². The average Bonchev–Trinajstić information content (AvgIpc) is 3.29. The lowest BCUT2D eigenvalue weighted by Gasteiger charge is -2.28. The quantitative estimate of drug-likeness (QED) is 0.831. The topological polar surface area (TPSA) is 47.6 Å². The molecule has 0 saturated heterocycles. The zero-order chi connectivity index (χ0) is 15.5. The summed E-state index contributed by atoms with van der Waals surface area (Å²) in [6, 6.07) is 5.19. The maximum absolute atomic E-state index is 12.6. The van der Waals surface area contributed by atoms with E-state index in [1.165, 1.54) is 0 Å². The highest BCUT2D eigenvalue weighted by Crippen LogP contribution is 2.42. The van der Waals surface area contributed by atoms with Crippen LogP contribution in [0.25, 0.3) is 0 Å². The van der Waals surface area contributed by atoms with Gasteiger partial charge in [-0.25, -0.2) is 0 Å². The minimum Gasteiger partial charge on any atom is -0.495 e. The molecule has 0 radical (unpaired) electrons. The molecular weight excluding hydrogens is 290 g/mol. The van der Waals surface area contributed by atoms with Gasteiger partial charge >= 0.3 is 0 Å². The van der Waals surface area contributed by atoms with Crippen LogP contribution in [0.2, 0.25) is 5.02 Å². The van der Waals surface area contributed by atoms with E-state index in [4.69, 9.17) is 21.1 Å². The molecule has 0 spiro atoms. The highest BCUT2D eigenvalue weighted by molar-refractivity contribution is 6.32. The molecule has 0 heterocycles. The summed E-state index contributed by atoms with van der Waals surface area (Å²) in [7, 11) is 1.56. The largest absolute Gasteiger partial charge is 0.495 e. The highest BCUT2D eigenvalue weighted by Gasteiger charge is 2.48. The van der Waals surface area contributed by atoms with Crippen molar-refractivity contribution in [3.8, 4) is 5.75 Å². The lowest BCUT2D eigenvalue weighted by atomic mass is 9.98. The second kappa shape index (κ2) is 6.67. The first-order valence-corrected chi connectivity index (χ1v) is 7.68. The molecule has 21 heavy (non-hydrogen) atoms. The number of carbonyl (C=O) groups excluding carboxylic acids is 1. The Balaban J connectivity index is 2.09. The van der Waals surface area contributed by atoms with E-state index in [9.17, 15) is 4.79 Å². The third-order valence-electron chi connectivity index (χ3n) is 3.82. The molecule has 116 valence electrons. The van der Waals surface area contributed by atoms with Gasteiger partial charge in [0.2, 0.25) is 0 Å². The predicted molar refractivity (Wildman–Crippen MR) is 84.0 cm³/mol. The number of methoxy groups -OCH3 is 1. The minimum atomic E-state index is -0.761. The Morgan fingerprint density at radius 1 is 1.48 bits per heavy atom. The van der Waals surface area contributed by atoms with Crippen LogP contribution in [-0.4, -0.2) is 25.2 Å². The van der Waals surface area contributed by atoms with Crippen molar-refractivity contribution >= 4 is 23.2 Å². The van der Waals surface area contributed by atoms with E-state index in [2.05, 4.69) is 5.32 Å². The van der Waals surface area contributed by atoms with Crippen molar-refractivity contribution in [2.45, 2.75) is 38.7 Å². The molecule has 0 aromatic heterocycles. The fraction of sp³-hybridized carbons (Fsp3) is 0.562. The molecule has 0 unspecified atom stereocenters. The number of benzene rings is 1. The number of hydrogen-bond donors (Lipinski definition) is 1. The fourth-order valence-corrected chi connectivity index (χ4v) is 2.57. The summed E-state index contributed by atoms with van der Waals surface area (Å²) < 4.78 is 10.9. The molecule has 5 heteroatoms. The maximum Gasteiger partial charge on any atom is 0.256 e. The van der Waals surface area contributed by atoms with Crippen molar-refractivity contribution in [1.82, 2.24) is 0 Å². The molecule has 1 fully saturated rings. The number of halogens is 1. The second-order valence-corrected chi connectivity index (χ2v) is 5.94. The van der Waals surface area contributed by atoms with Gasteiger partial charge in [0.25, 0.3) is 5.91 Å². The average molecular weight is 312 g/mol. The van der Waals surface area contributed by atoms with Gasteiger partial charge in [-0.3, -0.25) is 4.79 Å². The van der Waals surface area contributed by atoms with Gasteiger partial charge in [-0.2, -0.15) is 0 Å². The molecule has 2 rings (SSSR count). The van der Waals surface area contributed by atoms with Gasteiger partial charge in [-0.1, -0.05) is 18.5 Å². The predicted octanol–water partition coefficient (Wildman–Crippen LogP) is 3.88. The van der Waals surface area contributed by atoms with Gasteiger partial charge in [0, 0.05) is 12.3 Å². The van der Waals surface area contributed by atoms with Crippen LogP contribution in [0.4, 0.5) is 5.69 Å². The summed E-state index contributed by atoms with van der Waals surface area (Å²) in [5.74, 6) is 0.777. The first kappa shape index (κ1) is 16.1. The number of rotatable bonds is 7. The third kappa shape index (κ3) is 3.69. The molecule has 1 aliphatic carbocycles. The van der Waals surface area contributed by atoms with E-state index >= 15 is 0 Å². The molecule has 1 atom stereocenters. The van der Waals surface area contributed by atoms with E-state index in [0.717, 1.165) is 19.3 Å². The van der Waals surface area contributed by atoms with Crippen LogP contribution < -0.4 is 10.1 Å². The van der Waals surface area contributed by atoms with Crippen molar-refractivity contribution in [2.24, 2.45) is 5.92 Å². The number of nitrogens with one attached hydrogen (secondary N) is 1. The molecule has 4 nitrogen and oxygen atoms in total. The Hall–Kier alpha value is -1.26. The molecule has 1 N–H and O–H groups in total. The second-order valence-electron chi connectivity index (χ2n) is 5.53. The van der Waals surface area contributed by atoms with Gasteiger partial charge in [0.05, 0.1) is 12.1 Å². The van der Waals surface area contributed by atoms with Crippen LogP contribution in [0, 0.1) is 5.92 Å². The van der Waals surface area contributed by atoms with Crippen LogP contribution in [-0.2, 0) is 9.53 Å². The molecule has 1 aromatic rings. The van der Waals surface area contributed by atoms with Gasteiger partial charge in [-0.05, 0) is 50.3 Å². The summed E-state index contributed by atoms with van der Waals surface area (Å²) in [5.41, 5.74) is -0.111. The number of amides is 1. The van der Waals surface area contributed by atoms with Crippen LogP contribution in [0.5, 0.6) is 5.75 Å². The molecule has 1 aliphatic rings. The first-order valence-electron chi connectivity index (χ1n) is 7.30. The lowest BCUT2D eigenvalue weighted by Crippen LogP contribution is -2.45. The van der Waals surface area contributed by atoms with Gasteiger partial charge < -0.3 is 14.8 Å². The van der Waals surface area contributed by atoms with E-state index < -0.39 is 5.60 Å². The van der Waals surface area contributed by atoms with Crippen LogP contribution in [0.1, 0.15) is 33.1 Å². The Morgan fingerprint density at radius 3 is 2.71 bits per heavy atom. The van der Waals surface area contributed by atoms with Crippen LogP contribution >= 0.6 is 11.6 Å². The Labute approximate surface area is 130 Å². The Kier molecular flexibility index (Phi) is 5.12. The zero-order valence-electron chi connectivity index (χ0n) is 12.7. The number of anilines is 1. The van der Waals surface area contributed by atoms with E-state index in [-0.39, 0.29) is 5.91 Å². The molecule has 1 aromatic carbocycles. The SMILES string of the molecule is CCCO[C@](C)(C(=O)Nc1ccc(OC)c(Cl)c1)C1CC1. The summed E-state index contributed by atoms with van der Waals surface area (Å²) >= 11 is 6.08. The summed E-state index contributed by atoms with van der Waals surface area (Å²) in [5, 5.41) is 3.37. The molecule has 1 amide bonds. The third-order valence-corrected chi connectivity index (χ3v) is 4.12. The highest BCUT2D eigenvalue weighted by atomic mass is 35.5. The van der Waals surface area contributed by atoms with Crippen molar-refractivity contribution in [2.75, 3.05) is 19.0 Å². The first-order chi connectivity index (χ1) is 10.0. The van der Waals surface area contributed by atoms with Crippen LogP contribution in [0.15, 0.2) is 18.2 Å².